The predicted octanol–water partition coefficient (Wildman–Crippen LogP) is 4.06. The van der Waals surface area contributed by atoms with Crippen LogP contribution in [0.25, 0.3) is 0 Å². The second-order valence-electron chi connectivity index (χ2n) is 3.29. The van der Waals surface area contributed by atoms with Crippen molar-refractivity contribution in [3.05, 3.63) is 58.6 Å². The molecule has 2 nitrogen and oxygen atoms in total. The summed E-state index contributed by atoms with van der Waals surface area (Å²) in [5, 5.41) is 12.0. The third-order valence-electron chi connectivity index (χ3n) is 2.17. The van der Waals surface area contributed by atoms with E-state index in [1.54, 1.807) is 12.1 Å². The van der Waals surface area contributed by atoms with Gasteiger partial charge in [0.25, 0.3) is 0 Å². The number of anilines is 2. The average Bonchev–Trinajstić information content (AvgIpc) is 2.33. The zero-order valence-corrected chi connectivity index (χ0v) is 10.0. The summed E-state index contributed by atoms with van der Waals surface area (Å²) in [5.74, 6) is 0. The van der Waals surface area contributed by atoms with Gasteiger partial charge in [0, 0.05) is 10.2 Å². The molecule has 0 spiro atoms. The fourth-order valence-corrected chi connectivity index (χ4v) is 1.73. The van der Waals surface area contributed by atoms with E-state index in [1.165, 1.54) is 0 Å². The van der Waals surface area contributed by atoms with E-state index in [0.717, 1.165) is 15.8 Å². The van der Waals surface area contributed by atoms with Crippen LogP contribution in [0.3, 0.4) is 0 Å². The molecule has 3 heteroatoms. The number of nitriles is 1. The molecule has 2 rings (SSSR count). The van der Waals surface area contributed by atoms with Crippen LogP contribution in [0.1, 0.15) is 5.56 Å². The summed E-state index contributed by atoms with van der Waals surface area (Å²) in [5.41, 5.74) is 2.63. The minimum absolute atomic E-state index is 0.665. The van der Waals surface area contributed by atoms with Crippen LogP contribution < -0.4 is 5.32 Å². The van der Waals surface area contributed by atoms with Crippen LogP contribution in [0.4, 0.5) is 11.4 Å². The molecular formula is C13H9BrN2. The molecule has 0 saturated heterocycles. The topological polar surface area (TPSA) is 35.8 Å². The second-order valence-corrected chi connectivity index (χ2v) is 4.15. The van der Waals surface area contributed by atoms with Gasteiger partial charge in [0.1, 0.15) is 0 Å². The summed E-state index contributed by atoms with van der Waals surface area (Å²) < 4.78 is 1.01. The normalized spacial score (nSPS) is 9.50. The molecule has 0 bridgehead atoms. The van der Waals surface area contributed by atoms with Crippen LogP contribution >= 0.6 is 15.9 Å². The zero-order chi connectivity index (χ0) is 11.4. The van der Waals surface area contributed by atoms with E-state index in [2.05, 4.69) is 27.3 Å². The highest BCUT2D eigenvalue weighted by molar-refractivity contribution is 9.10. The van der Waals surface area contributed by atoms with Crippen molar-refractivity contribution < 1.29 is 0 Å². The molecule has 0 aliphatic carbocycles. The number of hydrogen-bond donors (Lipinski definition) is 1. The minimum Gasteiger partial charge on any atom is -0.355 e. The molecule has 0 unspecified atom stereocenters. The van der Waals surface area contributed by atoms with Gasteiger partial charge in [-0.1, -0.05) is 12.1 Å². The Morgan fingerprint density at radius 2 is 1.69 bits per heavy atom. The number of rotatable bonds is 2. The van der Waals surface area contributed by atoms with Crippen LogP contribution in [0.15, 0.2) is 53.0 Å². The molecule has 0 heterocycles. The smallest absolute Gasteiger partial charge is 0.0991 e. The van der Waals surface area contributed by atoms with Crippen LogP contribution in [0, 0.1) is 11.3 Å². The molecule has 16 heavy (non-hydrogen) atoms. The van der Waals surface area contributed by atoms with Gasteiger partial charge in [0.2, 0.25) is 0 Å². The highest BCUT2D eigenvalue weighted by Crippen LogP contribution is 2.25. The Morgan fingerprint density at radius 3 is 2.31 bits per heavy atom. The number of nitrogens with zero attached hydrogens (tertiary/aromatic N) is 1. The molecule has 0 amide bonds. The Bertz CT molecular complexity index is 526. The summed E-state index contributed by atoms with van der Waals surface area (Å²) in [6.45, 7) is 0. The van der Waals surface area contributed by atoms with Gasteiger partial charge in [-0.15, -0.1) is 0 Å². The molecule has 2 aromatic rings. The molecule has 0 fully saturated rings. The number of nitrogens with one attached hydrogen (secondary N) is 1. The number of hydrogen-bond acceptors (Lipinski definition) is 2. The zero-order valence-electron chi connectivity index (χ0n) is 8.44. The largest absolute Gasteiger partial charge is 0.355 e. The first-order valence-electron chi connectivity index (χ1n) is 4.81. The van der Waals surface area contributed by atoms with Crippen LogP contribution in [0.2, 0.25) is 0 Å². The van der Waals surface area contributed by atoms with E-state index in [9.17, 15) is 0 Å². The lowest BCUT2D eigenvalue weighted by Gasteiger charge is -2.07. The molecular weight excluding hydrogens is 264 g/mol. The third kappa shape index (κ3) is 2.41. The monoisotopic (exact) mass is 272 g/mol. The SMILES string of the molecule is N#Cc1ccc(Nc2ccccc2Br)cc1. The van der Waals surface area contributed by atoms with Crippen LogP contribution in [-0.4, -0.2) is 0 Å². The van der Waals surface area contributed by atoms with E-state index in [0.29, 0.717) is 5.56 Å². The van der Waals surface area contributed by atoms with Gasteiger partial charge in [-0.05, 0) is 52.3 Å². The molecule has 0 atom stereocenters. The Labute approximate surface area is 103 Å². The lowest BCUT2D eigenvalue weighted by Crippen LogP contribution is -1.90. The molecule has 0 saturated carbocycles. The van der Waals surface area contributed by atoms with Crippen molar-refractivity contribution in [3.63, 3.8) is 0 Å². The summed E-state index contributed by atoms with van der Waals surface area (Å²) in [6.07, 6.45) is 0. The van der Waals surface area contributed by atoms with Gasteiger partial charge in [0.15, 0.2) is 0 Å². The molecule has 78 valence electrons. The number of halogens is 1. The van der Waals surface area contributed by atoms with Crippen molar-refractivity contribution in [1.82, 2.24) is 0 Å². The van der Waals surface area contributed by atoms with Gasteiger partial charge < -0.3 is 5.32 Å². The second kappa shape index (κ2) is 4.82. The maximum absolute atomic E-state index is 8.68. The van der Waals surface area contributed by atoms with Gasteiger partial charge in [-0.2, -0.15) is 5.26 Å². The van der Waals surface area contributed by atoms with Crippen LogP contribution in [-0.2, 0) is 0 Å². The molecule has 0 aliphatic rings. The maximum atomic E-state index is 8.68. The first kappa shape index (κ1) is 10.7. The number of para-hydroxylation sites is 1. The fourth-order valence-electron chi connectivity index (χ4n) is 1.35. The van der Waals surface area contributed by atoms with Crippen molar-refractivity contribution >= 4 is 27.3 Å². The third-order valence-corrected chi connectivity index (χ3v) is 2.86. The van der Waals surface area contributed by atoms with E-state index >= 15 is 0 Å². The predicted molar refractivity (Wildman–Crippen MR) is 68.6 cm³/mol. The van der Waals surface area contributed by atoms with Crippen molar-refractivity contribution in [2.24, 2.45) is 0 Å². The lowest BCUT2D eigenvalue weighted by atomic mass is 10.2. The molecule has 2 aromatic carbocycles. The van der Waals surface area contributed by atoms with Gasteiger partial charge in [-0.3, -0.25) is 0 Å². The quantitative estimate of drug-likeness (QED) is 0.895. The Balaban J connectivity index is 2.22. The average molecular weight is 273 g/mol. The molecule has 0 radical (unpaired) electrons. The summed E-state index contributed by atoms with van der Waals surface area (Å²) in [4.78, 5) is 0. The van der Waals surface area contributed by atoms with E-state index in [1.807, 2.05) is 36.4 Å². The summed E-state index contributed by atoms with van der Waals surface area (Å²) in [7, 11) is 0. The van der Waals surface area contributed by atoms with Crippen molar-refractivity contribution in [1.29, 1.82) is 5.26 Å². The first-order chi connectivity index (χ1) is 7.79. The van der Waals surface area contributed by atoms with E-state index in [4.69, 9.17) is 5.26 Å². The van der Waals surface area contributed by atoms with Crippen molar-refractivity contribution in [2.75, 3.05) is 5.32 Å². The molecule has 0 aliphatic heterocycles. The summed E-state index contributed by atoms with van der Waals surface area (Å²) >= 11 is 3.47. The van der Waals surface area contributed by atoms with Gasteiger partial charge >= 0.3 is 0 Å². The lowest BCUT2D eigenvalue weighted by molar-refractivity contribution is 1.47. The Kier molecular flexibility index (Phi) is 3.23. The maximum Gasteiger partial charge on any atom is 0.0991 e. The van der Waals surface area contributed by atoms with Crippen molar-refractivity contribution in [2.45, 2.75) is 0 Å². The highest BCUT2D eigenvalue weighted by atomic mass is 79.9. The Hall–Kier alpha value is -1.79. The summed E-state index contributed by atoms with van der Waals surface area (Å²) in [6, 6.07) is 17.3. The molecule has 1 N–H and O–H groups in total. The first-order valence-corrected chi connectivity index (χ1v) is 5.60. The molecule has 0 aromatic heterocycles. The standard InChI is InChI=1S/C13H9BrN2/c14-12-3-1-2-4-13(12)16-11-7-5-10(9-15)6-8-11/h1-8,16H. The van der Waals surface area contributed by atoms with Crippen molar-refractivity contribution in [3.8, 4) is 6.07 Å². The highest BCUT2D eigenvalue weighted by Gasteiger charge is 1.98. The van der Waals surface area contributed by atoms with E-state index < -0.39 is 0 Å². The van der Waals surface area contributed by atoms with E-state index in [-0.39, 0.29) is 0 Å². The van der Waals surface area contributed by atoms with Gasteiger partial charge in [0.05, 0.1) is 17.3 Å². The Morgan fingerprint density at radius 1 is 1.00 bits per heavy atom. The number of benzene rings is 2. The minimum atomic E-state index is 0.665. The van der Waals surface area contributed by atoms with Gasteiger partial charge in [-0.25, -0.2) is 0 Å². The fraction of sp³-hybridized carbons (Fsp3) is 0. The van der Waals surface area contributed by atoms with Crippen LogP contribution in [0.5, 0.6) is 0 Å².